The van der Waals surface area contributed by atoms with Gasteiger partial charge in [0.05, 0.1) is 25.6 Å². The number of nitrogens with zero attached hydrogens (tertiary/aromatic N) is 6. The van der Waals surface area contributed by atoms with Crippen LogP contribution in [-0.2, 0) is 14.3 Å². The van der Waals surface area contributed by atoms with E-state index >= 15 is 0 Å². The Hall–Kier alpha value is -3.31. The molecule has 1 amide bonds. The molecule has 0 aliphatic carbocycles. The quantitative estimate of drug-likeness (QED) is 0.661. The van der Waals surface area contributed by atoms with Gasteiger partial charge < -0.3 is 24.1 Å². The van der Waals surface area contributed by atoms with Gasteiger partial charge in [-0.15, -0.1) is 0 Å². The number of fused-ring (bicyclic) bond motifs is 1. The summed E-state index contributed by atoms with van der Waals surface area (Å²) < 4.78 is 21.1. The van der Waals surface area contributed by atoms with Gasteiger partial charge in [0.15, 0.2) is 0 Å². The average molecular weight is 397 g/mol. The number of imidazole rings is 1. The number of rotatable bonds is 5. The number of benzene rings is 1. The van der Waals surface area contributed by atoms with Crippen LogP contribution >= 0.6 is 0 Å². The summed E-state index contributed by atoms with van der Waals surface area (Å²) in [7, 11) is 0. The van der Waals surface area contributed by atoms with E-state index in [9.17, 15) is 4.79 Å². The van der Waals surface area contributed by atoms with Crippen LogP contribution in [0.3, 0.4) is 0 Å². The lowest BCUT2D eigenvalue weighted by atomic mass is 10.1. The summed E-state index contributed by atoms with van der Waals surface area (Å²) in [6, 6.07) is 7.33. The number of ether oxygens (including phenoxy) is 3. The molecular weight excluding hydrogens is 378 g/mol. The van der Waals surface area contributed by atoms with E-state index in [1.54, 1.807) is 17.2 Å². The Kier molecular flexibility index (Phi) is 4.45. The minimum Gasteiger partial charge on any atom is -0.423 e. The van der Waals surface area contributed by atoms with Crippen molar-refractivity contribution in [2.45, 2.75) is 31.2 Å². The first-order valence-electron chi connectivity index (χ1n) is 9.23. The number of hydrogen-bond acceptors (Lipinski definition) is 8. The Balaban J connectivity index is 1.31. The fraction of sp³-hybridized carbons (Fsp3) is 0.389. The molecule has 2 fully saturated rings. The van der Waals surface area contributed by atoms with Gasteiger partial charge in [-0.3, -0.25) is 4.79 Å². The third-order valence-electron chi connectivity index (χ3n) is 5.04. The zero-order valence-electron chi connectivity index (χ0n) is 15.6. The van der Waals surface area contributed by atoms with Crippen molar-refractivity contribution in [1.29, 1.82) is 0 Å². The molecule has 2 aromatic heterocycles. The van der Waals surface area contributed by atoms with Crippen molar-refractivity contribution in [2.75, 3.05) is 13.2 Å². The molecule has 0 radical (unpaired) electrons. The number of tetrazole rings is 1. The second-order valence-electron chi connectivity index (χ2n) is 6.94. The second kappa shape index (κ2) is 7.26. The Morgan fingerprint density at radius 1 is 1.21 bits per heavy atom. The highest BCUT2D eigenvalue weighted by Crippen LogP contribution is 2.36. The highest BCUT2D eigenvalue weighted by atomic mass is 16.6. The molecule has 2 aliphatic heterocycles. The van der Waals surface area contributed by atoms with Gasteiger partial charge in [-0.25, -0.2) is 4.98 Å². The van der Waals surface area contributed by atoms with Crippen molar-refractivity contribution < 1.29 is 19.0 Å². The van der Waals surface area contributed by atoms with Gasteiger partial charge in [0.25, 0.3) is 0 Å². The predicted molar refractivity (Wildman–Crippen MR) is 97.6 cm³/mol. The standard InChI is InChI=1S/C18H19N7O4/c1-11(26)20-14-8-27-17-15(9-28-16(14)17)25-18(21-22-23-25)29-13-4-2-12(3-5-13)24-7-6-19-10-24/h2-7,10,14-17H,8-9H2,1H3,(H,20,26). The molecule has 2 saturated heterocycles. The van der Waals surface area contributed by atoms with Gasteiger partial charge in [-0.2, -0.15) is 4.68 Å². The lowest BCUT2D eigenvalue weighted by molar-refractivity contribution is -0.120. The lowest BCUT2D eigenvalue weighted by Gasteiger charge is -2.17. The van der Waals surface area contributed by atoms with E-state index in [0.29, 0.717) is 19.0 Å². The van der Waals surface area contributed by atoms with Gasteiger partial charge in [-0.1, -0.05) is 5.10 Å². The Morgan fingerprint density at radius 2 is 2.03 bits per heavy atom. The highest BCUT2D eigenvalue weighted by molar-refractivity contribution is 5.73. The summed E-state index contributed by atoms with van der Waals surface area (Å²) in [5, 5.41) is 14.7. The molecule has 0 bridgehead atoms. The topological polar surface area (TPSA) is 118 Å². The van der Waals surface area contributed by atoms with Gasteiger partial charge in [0, 0.05) is 25.0 Å². The number of nitrogens with one attached hydrogen (secondary N) is 1. The van der Waals surface area contributed by atoms with E-state index in [-0.39, 0.29) is 36.2 Å². The first-order valence-corrected chi connectivity index (χ1v) is 9.23. The van der Waals surface area contributed by atoms with Crippen LogP contribution in [0.25, 0.3) is 5.69 Å². The van der Waals surface area contributed by atoms with Crippen LogP contribution in [0.15, 0.2) is 43.0 Å². The molecule has 5 rings (SSSR count). The minimum absolute atomic E-state index is 0.114. The summed E-state index contributed by atoms with van der Waals surface area (Å²) in [6.45, 7) is 2.23. The van der Waals surface area contributed by atoms with Crippen LogP contribution in [-0.4, -0.2) is 67.1 Å². The van der Waals surface area contributed by atoms with Crippen molar-refractivity contribution in [2.24, 2.45) is 0 Å². The number of aromatic nitrogens is 6. The van der Waals surface area contributed by atoms with E-state index in [4.69, 9.17) is 14.2 Å². The summed E-state index contributed by atoms with van der Waals surface area (Å²) in [5.41, 5.74) is 0.963. The average Bonchev–Trinajstić information content (AvgIpc) is 3.48. The Morgan fingerprint density at radius 3 is 2.79 bits per heavy atom. The van der Waals surface area contributed by atoms with E-state index < -0.39 is 0 Å². The molecule has 0 spiro atoms. The van der Waals surface area contributed by atoms with Gasteiger partial charge in [0.2, 0.25) is 5.91 Å². The van der Waals surface area contributed by atoms with E-state index in [2.05, 4.69) is 25.8 Å². The predicted octanol–water partition coefficient (Wildman–Crippen LogP) is 0.495. The minimum atomic E-state index is -0.263. The van der Waals surface area contributed by atoms with Crippen molar-refractivity contribution in [3.63, 3.8) is 0 Å². The Labute approximate surface area is 165 Å². The molecule has 4 unspecified atom stereocenters. The van der Waals surface area contributed by atoms with Crippen molar-refractivity contribution in [3.05, 3.63) is 43.0 Å². The molecule has 1 aromatic carbocycles. The third-order valence-corrected chi connectivity index (χ3v) is 5.04. The number of carbonyl (C=O) groups is 1. The zero-order valence-corrected chi connectivity index (χ0v) is 15.6. The molecule has 0 saturated carbocycles. The van der Waals surface area contributed by atoms with Gasteiger partial charge in [-0.05, 0) is 34.7 Å². The SMILES string of the molecule is CC(=O)NC1COC2C1OCC2n1nnnc1Oc1ccc(-n2ccnc2)cc1. The monoisotopic (exact) mass is 397 g/mol. The maximum Gasteiger partial charge on any atom is 0.341 e. The second-order valence-corrected chi connectivity index (χ2v) is 6.94. The highest BCUT2D eigenvalue weighted by Gasteiger charge is 2.50. The molecule has 4 atom stereocenters. The molecule has 4 heterocycles. The lowest BCUT2D eigenvalue weighted by Crippen LogP contribution is -2.43. The molecule has 11 nitrogen and oxygen atoms in total. The molecule has 3 aromatic rings. The summed E-state index contributed by atoms with van der Waals surface area (Å²) >= 11 is 0. The van der Waals surface area contributed by atoms with Crippen molar-refractivity contribution in [3.8, 4) is 17.4 Å². The zero-order chi connectivity index (χ0) is 19.8. The van der Waals surface area contributed by atoms with Crippen LogP contribution in [0, 0.1) is 0 Å². The maximum absolute atomic E-state index is 11.4. The molecule has 1 N–H and O–H groups in total. The fourth-order valence-electron chi connectivity index (χ4n) is 3.74. The number of hydrogen-bond donors (Lipinski definition) is 1. The smallest absolute Gasteiger partial charge is 0.341 e. The summed E-state index contributed by atoms with van der Waals surface area (Å²) in [6.07, 6.45) is 4.81. The van der Waals surface area contributed by atoms with Crippen LogP contribution < -0.4 is 10.1 Å². The first-order chi connectivity index (χ1) is 14.2. The normalized spacial score (nSPS) is 25.7. The number of amides is 1. The first kappa shape index (κ1) is 17.8. The van der Waals surface area contributed by atoms with Crippen LogP contribution in [0.2, 0.25) is 0 Å². The number of carbonyl (C=O) groups excluding carboxylic acids is 1. The van der Waals surface area contributed by atoms with E-state index in [1.165, 1.54) is 6.92 Å². The summed E-state index contributed by atoms with van der Waals surface area (Å²) in [4.78, 5) is 15.4. The van der Waals surface area contributed by atoms with Crippen molar-refractivity contribution >= 4 is 5.91 Å². The van der Waals surface area contributed by atoms with Crippen LogP contribution in [0.5, 0.6) is 11.8 Å². The molecule has 150 valence electrons. The largest absolute Gasteiger partial charge is 0.423 e. The molecule has 2 aliphatic rings. The van der Waals surface area contributed by atoms with Gasteiger partial charge >= 0.3 is 6.01 Å². The van der Waals surface area contributed by atoms with E-state index in [0.717, 1.165) is 5.69 Å². The summed E-state index contributed by atoms with van der Waals surface area (Å²) in [5.74, 6) is 0.487. The van der Waals surface area contributed by atoms with Gasteiger partial charge in [0.1, 0.15) is 24.0 Å². The maximum atomic E-state index is 11.4. The van der Waals surface area contributed by atoms with E-state index in [1.807, 2.05) is 35.0 Å². The Bertz CT molecular complexity index is 988. The van der Waals surface area contributed by atoms with Crippen LogP contribution in [0.4, 0.5) is 0 Å². The third kappa shape index (κ3) is 3.34. The molecule has 29 heavy (non-hydrogen) atoms. The van der Waals surface area contributed by atoms with Crippen molar-refractivity contribution in [1.82, 2.24) is 35.1 Å². The van der Waals surface area contributed by atoms with Crippen LogP contribution in [0.1, 0.15) is 13.0 Å². The fourth-order valence-corrected chi connectivity index (χ4v) is 3.74. The molecular formula is C18H19N7O4. The molecule has 11 heteroatoms.